The first kappa shape index (κ1) is 20.8. The van der Waals surface area contributed by atoms with Crippen LogP contribution in [-0.4, -0.2) is 34.8 Å². The molecular weight excluding hydrogens is 400 g/mol. The first-order valence-electron chi connectivity index (χ1n) is 10.1. The maximum absolute atomic E-state index is 12.3. The van der Waals surface area contributed by atoms with E-state index in [-0.39, 0.29) is 5.92 Å². The van der Waals surface area contributed by atoms with Crippen molar-refractivity contribution in [3.63, 3.8) is 0 Å². The van der Waals surface area contributed by atoms with Gasteiger partial charge in [0.15, 0.2) is 6.10 Å². The Morgan fingerprint density at radius 2 is 2.00 bits per heavy atom. The van der Waals surface area contributed by atoms with Gasteiger partial charge in [-0.1, -0.05) is 17.6 Å². The molecule has 0 spiro atoms. The van der Waals surface area contributed by atoms with Gasteiger partial charge in [-0.2, -0.15) is 0 Å². The summed E-state index contributed by atoms with van der Waals surface area (Å²) >= 11 is 0. The van der Waals surface area contributed by atoms with E-state index in [4.69, 9.17) is 20.5 Å². The van der Waals surface area contributed by atoms with Gasteiger partial charge in [0.2, 0.25) is 11.8 Å². The summed E-state index contributed by atoms with van der Waals surface area (Å²) in [6.45, 7) is 0. The molecule has 0 bridgehead atoms. The lowest BCUT2D eigenvalue weighted by molar-refractivity contribution is -0.133. The van der Waals surface area contributed by atoms with E-state index in [2.05, 4.69) is 10.1 Å². The number of ether oxygens (including phenoxy) is 1. The summed E-state index contributed by atoms with van der Waals surface area (Å²) in [6, 6.07) is 7.13. The fourth-order valence-electron chi connectivity index (χ4n) is 4.64. The number of hydrogen-bond acceptors (Lipinski definition) is 7. The zero-order chi connectivity index (χ0) is 22.0. The van der Waals surface area contributed by atoms with Gasteiger partial charge in [-0.25, -0.2) is 5.48 Å². The summed E-state index contributed by atoms with van der Waals surface area (Å²) in [5.41, 5.74) is 10.7. The molecule has 1 aliphatic heterocycles. The molecule has 1 aromatic carbocycles. The summed E-state index contributed by atoms with van der Waals surface area (Å²) in [4.78, 5) is 34.2. The van der Waals surface area contributed by atoms with Crippen molar-refractivity contribution < 1.29 is 24.4 Å². The Bertz CT molecular complexity index is 1020. The number of hydroxylamine groups is 1. The van der Waals surface area contributed by atoms with Crippen LogP contribution in [0.3, 0.4) is 0 Å². The summed E-state index contributed by atoms with van der Waals surface area (Å²) in [7, 11) is 1.52. The van der Waals surface area contributed by atoms with E-state index in [1.54, 1.807) is 30.0 Å². The molecule has 1 fully saturated rings. The second-order valence-electron chi connectivity index (χ2n) is 7.71. The predicted molar refractivity (Wildman–Crippen MR) is 111 cm³/mol. The van der Waals surface area contributed by atoms with Gasteiger partial charge in [0.1, 0.15) is 5.75 Å². The summed E-state index contributed by atoms with van der Waals surface area (Å²) in [5, 5.41) is 13.4. The lowest BCUT2D eigenvalue weighted by atomic mass is 9.82. The van der Waals surface area contributed by atoms with Gasteiger partial charge in [-0.3, -0.25) is 19.8 Å². The van der Waals surface area contributed by atoms with Crippen molar-refractivity contribution in [2.45, 2.75) is 37.7 Å². The highest BCUT2D eigenvalue weighted by molar-refractivity contribution is 6.01. The smallest absolute Gasteiger partial charge is 0.249 e. The zero-order valence-electron chi connectivity index (χ0n) is 17.1. The van der Waals surface area contributed by atoms with Gasteiger partial charge in [0.25, 0.3) is 0 Å². The number of aromatic nitrogens is 1. The number of carbonyl (C=O) groups is 2. The van der Waals surface area contributed by atoms with E-state index in [0.717, 1.165) is 23.3 Å². The van der Waals surface area contributed by atoms with Crippen molar-refractivity contribution in [3.8, 4) is 5.75 Å². The Balaban J connectivity index is 1.73. The average molecular weight is 424 g/mol. The van der Waals surface area contributed by atoms with E-state index >= 15 is 0 Å². The van der Waals surface area contributed by atoms with Gasteiger partial charge in [0, 0.05) is 47.0 Å². The van der Waals surface area contributed by atoms with Crippen LogP contribution in [0.1, 0.15) is 64.8 Å². The first-order valence-corrected chi connectivity index (χ1v) is 10.1. The van der Waals surface area contributed by atoms with E-state index in [9.17, 15) is 9.59 Å². The van der Waals surface area contributed by atoms with Gasteiger partial charge < -0.3 is 15.3 Å². The van der Waals surface area contributed by atoms with Crippen LogP contribution in [0.5, 0.6) is 5.75 Å². The third-order valence-corrected chi connectivity index (χ3v) is 6.06. The number of rotatable bonds is 6. The fourth-order valence-corrected chi connectivity index (χ4v) is 4.64. The van der Waals surface area contributed by atoms with Crippen molar-refractivity contribution >= 4 is 17.5 Å². The minimum absolute atomic E-state index is 0.302. The van der Waals surface area contributed by atoms with Crippen molar-refractivity contribution in [2.24, 2.45) is 16.8 Å². The lowest BCUT2D eigenvalue weighted by Gasteiger charge is -2.25. The SMILES string of the molecule is COc1c(C2CC(c3ccncc3)=NO2)ccc(C(N)=O)c1C1CCCC1C(=O)NO. The number of carbonyl (C=O) groups excluding carboxylic acids is 2. The Morgan fingerprint density at radius 3 is 2.68 bits per heavy atom. The molecule has 1 aromatic heterocycles. The van der Waals surface area contributed by atoms with Crippen molar-refractivity contribution in [3.05, 3.63) is 58.9 Å². The number of nitrogens with one attached hydrogen (secondary N) is 1. The van der Waals surface area contributed by atoms with Crippen LogP contribution in [0, 0.1) is 5.92 Å². The number of nitrogens with zero attached hydrogens (tertiary/aromatic N) is 2. The molecule has 2 aliphatic rings. The standard InChI is InChI=1S/C22H24N4O5/c1-30-20-15(18-11-17(26-31-18)12-7-9-24-10-8-12)5-6-16(21(23)27)19(20)13-3-2-4-14(13)22(28)25-29/h5-10,13-14,18,29H,2-4,11H2,1H3,(H2,23,27)(H,25,28). The maximum Gasteiger partial charge on any atom is 0.249 e. The van der Waals surface area contributed by atoms with Gasteiger partial charge in [0.05, 0.1) is 12.8 Å². The number of hydrogen-bond donors (Lipinski definition) is 3. The summed E-state index contributed by atoms with van der Waals surface area (Å²) in [6.07, 6.45) is 5.53. The number of nitrogens with two attached hydrogens (primary N) is 1. The third-order valence-electron chi connectivity index (χ3n) is 6.06. The van der Waals surface area contributed by atoms with Crippen molar-refractivity contribution in [1.82, 2.24) is 10.5 Å². The molecule has 1 aliphatic carbocycles. The summed E-state index contributed by atoms with van der Waals surface area (Å²) < 4.78 is 5.75. The normalized spacial score (nSPS) is 22.5. The van der Waals surface area contributed by atoms with E-state index < -0.39 is 23.8 Å². The van der Waals surface area contributed by atoms with Crippen LogP contribution in [0.2, 0.25) is 0 Å². The molecule has 2 heterocycles. The Labute approximate surface area is 179 Å². The third kappa shape index (κ3) is 3.84. The quantitative estimate of drug-likeness (QED) is 0.481. The van der Waals surface area contributed by atoms with Crippen LogP contribution >= 0.6 is 0 Å². The van der Waals surface area contributed by atoms with Crippen LogP contribution in [-0.2, 0) is 9.63 Å². The van der Waals surface area contributed by atoms with E-state index in [1.165, 1.54) is 7.11 Å². The number of amides is 2. The molecule has 31 heavy (non-hydrogen) atoms. The molecule has 2 aromatic rings. The zero-order valence-corrected chi connectivity index (χ0v) is 17.1. The molecule has 3 atom stereocenters. The summed E-state index contributed by atoms with van der Waals surface area (Å²) in [5.74, 6) is -1.41. The number of benzene rings is 1. The Kier molecular flexibility index (Phi) is 5.85. The molecule has 0 saturated heterocycles. The minimum Gasteiger partial charge on any atom is -0.496 e. The molecule has 162 valence electrons. The Hall–Kier alpha value is -3.46. The molecule has 0 radical (unpaired) electrons. The number of primary amides is 1. The highest BCUT2D eigenvalue weighted by Crippen LogP contribution is 2.48. The monoisotopic (exact) mass is 424 g/mol. The second kappa shape index (κ2) is 8.73. The van der Waals surface area contributed by atoms with E-state index in [0.29, 0.717) is 36.1 Å². The van der Waals surface area contributed by atoms with Crippen LogP contribution in [0.15, 0.2) is 41.8 Å². The van der Waals surface area contributed by atoms with E-state index in [1.807, 2.05) is 12.1 Å². The second-order valence-corrected chi connectivity index (χ2v) is 7.71. The minimum atomic E-state index is -0.601. The number of methoxy groups -OCH3 is 1. The predicted octanol–water partition coefficient (Wildman–Crippen LogP) is 2.44. The number of oxime groups is 1. The van der Waals surface area contributed by atoms with Crippen LogP contribution in [0.4, 0.5) is 0 Å². The molecule has 3 unspecified atom stereocenters. The molecule has 9 nitrogen and oxygen atoms in total. The highest BCUT2D eigenvalue weighted by Gasteiger charge is 2.39. The van der Waals surface area contributed by atoms with Crippen molar-refractivity contribution in [1.29, 1.82) is 0 Å². The average Bonchev–Trinajstić information content (AvgIpc) is 3.48. The molecule has 1 saturated carbocycles. The molecule has 2 amide bonds. The van der Waals surface area contributed by atoms with Crippen molar-refractivity contribution in [2.75, 3.05) is 7.11 Å². The molecular formula is C22H24N4O5. The maximum atomic E-state index is 12.3. The topological polar surface area (TPSA) is 136 Å². The largest absolute Gasteiger partial charge is 0.496 e. The molecule has 4 N–H and O–H groups in total. The van der Waals surface area contributed by atoms with Crippen LogP contribution in [0.25, 0.3) is 0 Å². The van der Waals surface area contributed by atoms with Gasteiger partial charge >= 0.3 is 0 Å². The Morgan fingerprint density at radius 1 is 1.23 bits per heavy atom. The van der Waals surface area contributed by atoms with Gasteiger partial charge in [-0.05, 0) is 37.0 Å². The fraction of sp³-hybridized carbons (Fsp3) is 0.364. The van der Waals surface area contributed by atoms with Crippen LogP contribution < -0.4 is 16.0 Å². The highest BCUT2D eigenvalue weighted by atomic mass is 16.6. The number of pyridine rings is 1. The first-order chi connectivity index (χ1) is 15.0. The van der Waals surface area contributed by atoms with Gasteiger partial charge in [-0.15, -0.1) is 0 Å². The molecule has 4 rings (SSSR count). The molecule has 9 heteroatoms. The lowest BCUT2D eigenvalue weighted by Crippen LogP contribution is -2.30.